The number of benzene rings is 1. The highest BCUT2D eigenvalue weighted by atomic mass is 16.6. The van der Waals surface area contributed by atoms with Gasteiger partial charge in [0.15, 0.2) is 0 Å². The molecule has 86 valence electrons. The first kappa shape index (κ1) is 12.3. The Kier molecular flexibility index (Phi) is 4.13. The fourth-order valence-corrected chi connectivity index (χ4v) is 1.58. The summed E-state index contributed by atoms with van der Waals surface area (Å²) in [6, 6.07) is 6.34. The lowest BCUT2D eigenvalue weighted by Gasteiger charge is -2.15. The quantitative estimate of drug-likeness (QED) is 0.429. The van der Waals surface area contributed by atoms with Gasteiger partial charge < -0.3 is 9.69 Å². The first-order chi connectivity index (χ1) is 7.56. The van der Waals surface area contributed by atoms with Crippen molar-refractivity contribution in [2.45, 2.75) is 5.92 Å². The van der Waals surface area contributed by atoms with Gasteiger partial charge in [-0.15, -0.1) is 0 Å². The summed E-state index contributed by atoms with van der Waals surface area (Å²) < 4.78 is 0. The molecule has 0 aliphatic heterocycles. The van der Waals surface area contributed by atoms with Crippen LogP contribution in [0.3, 0.4) is 0 Å². The maximum Gasteiger partial charge on any atom is 0.273 e. The van der Waals surface area contributed by atoms with E-state index in [1.165, 1.54) is 6.07 Å². The van der Waals surface area contributed by atoms with Gasteiger partial charge in [-0.2, -0.15) is 0 Å². The maximum atomic E-state index is 11.0. The molecule has 16 heavy (non-hydrogen) atoms. The number of carbonyl (C=O) groups excluding carboxylic acids is 1. The largest absolute Gasteiger partial charge is 0.308 e. The van der Waals surface area contributed by atoms with Gasteiger partial charge in [-0.1, -0.05) is 18.2 Å². The van der Waals surface area contributed by atoms with Crippen molar-refractivity contribution in [1.29, 1.82) is 0 Å². The Balaban J connectivity index is 3.09. The number of likely N-dealkylation sites (N-methyl/N-ethyl adjacent to an activating group) is 1. The number of nitro groups is 1. The van der Waals surface area contributed by atoms with Crippen LogP contribution < -0.4 is 0 Å². The number of aldehydes is 1. The molecule has 0 radical (unpaired) electrons. The molecule has 5 heteroatoms. The normalized spacial score (nSPS) is 12.4. The minimum Gasteiger partial charge on any atom is -0.308 e. The monoisotopic (exact) mass is 222 g/mol. The van der Waals surface area contributed by atoms with Crippen molar-refractivity contribution < 1.29 is 9.72 Å². The van der Waals surface area contributed by atoms with Crippen LogP contribution >= 0.6 is 0 Å². The maximum absolute atomic E-state index is 11.0. The summed E-state index contributed by atoms with van der Waals surface area (Å²) in [5, 5.41) is 10.8. The third-order valence-corrected chi connectivity index (χ3v) is 2.26. The molecule has 0 aliphatic carbocycles. The fraction of sp³-hybridized carbons (Fsp3) is 0.364. The van der Waals surface area contributed by atoms with E-state index in [1.807, 2.05) is 19.0 Å². The van der Waals surface area contributed by atoms with Crippen LogP contribution in [0.5, 0.6) is 0 Å². The molecule has 0 bridgehead atoms. The van der Waals surface area contributed by atoms with Crippen LogP contribution in [0.4, 0.5) is 5.69 Å². The number of hydrogen-bond donors (Lipinski definition) is 0. The Morgan fingerprint density at radius 1 is 1.44 bits per heavy atom. The van der Waals surface area contributed by atoms with Gasteiger partial charge in [-0.3, -0.25) is 10.1 Å². The topological polar surface area (TPSA) is 63.5 Å². The average Bonchev–Trinajstić information content (AvgIpc) is 2.25. The number of carbonyl (C=O) groups is 1. The Bertz CT molecular complexity index is 391. The van der Waals surface area contributed by atoms with Gasteiger partial charge in [0.25, 0.3) is 5.69 Å². The van der Waals surface area contributed by atoms with Gasteiger partial charge in [0.2, 0.25) is 0 Å². The second-order valence-corrected chi connectivity index (χ2v) is 3.82. The Labute approximate surface area is 93.8 Å². The highest BCUT2D eigenvalue weighted by Crippen LogP contribution is 2.25. The second kappa shape index (κ2) is 5.37. The molecule has 0 heterocycles. The molecule has 0 saturated heterocycles. The number of para-hydroxylation sites is 1. The molecule has 0 saturated carbocycles. The van der Waals surface area contributed by atoms with E-state index in [-0.39, 0.29) is 5.69 Å². The van der Waals surface area contributed by atoms with E-state index in [2.05, 4.69) is 0 Å². The molecular weight excluding hydrogens is 208 g/mol. The van der Waals surface area contributed by atoms with Crippen LogP contribution in [0.15, 0.2) is 24.3 Å². The van der Waals surface area contributed by atoms with Crippen LogP contribution in [0.1, 0.15) is 11.5 Å². The summed E-state index contributed by atoms with van der Waals surface area (Å²) in [6.07, 6.45) is 0.752. The summed E-state index contributed by atoms with van der Waals surface area (Å²) >= 11 is 0. The third kappa shape index (κ3) is 2.87. The van der Waals surface area contributed by atoms with Gasteiger partial charge >= 0.3 is 0 Å². The van der Waals surface area contributed by atoms with Crippen LogP contribution in [0.2, 0.25) is 0 Å². The van der Waals surface area contributed by atoms with Crippen molar-refractivity contribution in [2.75, 3.05) is 20.6 Å². The average molecular weight is 222 g/mol. The zero-order valence-corrected chi connectivity index (χ0v) is 9.29. The molecule has 0 amide bonds. The van der Waals surface area contributed by atoms with Crippen molar-refractivity contribution in [3.8, 4) is 0 Å². The van der Waals surface area contributed by atoms with E-state index in [4.69, 9.17) is 0 Å². The molecule has 5 nitrogen and oxygen atoms in total. The smallest absolute Gasteiger partial charge is 0.273 e. The van der Waals surface area contributed by atoms with Crippen molar-refractivity contribution in [2.24, 2.45) is 0 Å². The van der Waals surface area contributed by atoms with E-state index >= 15 is 0 Å². The molecule has 0 N–H and O–H groups in total. The van der Waals surface area contributed by atoms with Crippen LogP contribution in [-0.4, -0.2) is 36.7 Å². The lowest BCUT2D eigenvalue weighted by molar-refractivity contribution is -0.385. The van der Waals surface area contributed by atoms with E-state index in [0.717, 1.165) is 6.29 Å². The highest BCUT2D eigenvalue weighted by Gasteiger charge is 2.21. The predicted molar refractivity (Wildman–Crippen MR) is 60.5 cm³/mol. The minimum absolute atomic E-state index is 0.00134. The summed E-state index contributed by atoms with van der Waals surface area (Å²) in [5.41, 5.74) is 0.470. The Hall–Kier alpha value is -1.75. The van der Waals surface area contributed by atoms with Crippen LogP contribution in [-0.2, 0) is 4.79 Å². The molecule has 1 unspecified atom stereocenters. The zero-order chi connectivity index (χ0) is 12.1. The molecule has 1 atom stereocenters. The molecule has 1 rings (SSSR count). The number of rotatable bonds is 5. The first-order valence-corrected chi connectivity index (χ1v) is 4.89. The summed E-state index contributed by atoms with van der Waals surface area (Å²) in [4.78, 5) is 23.1. The standard InChI is InChI=1S/C11H14N2O3/c1-12(2)7-9(8-14)10-5-3-4-6-11(10)13(15)16/h3-6,8-9H,7H2,1-2H3. The summed E-state index contributed by atoms with van der Waals surface area (Å²) in [7, 11) is 3.65. The Morgan fingerprint density at radius 3 is 2.56 bits per heavy atom. The van der Waals surface area contributed by atoms with E-state index in [1.54, 1.807) is 18.2 Å². The van der Waals surface area contributed by atoms with Gasteiger partial charge in [0.1, 0.15) is 6.29 Å². The lowest BCUT2D eigenvalue weighted by atomic mass is 9.98. The first-order valence-electron chi connectivity index (χ1n) is 4.89. The lowest BCUT2D eigenvalue weighted by Crippen LogP contribution is -2.21. The molecule has 1 aromatic rings. The van der Waals surface area contributed by atoms with Crippen molar-refractivity contribution >= 4 is 12.0 Å². The molecule has 0 aromatic heterocycles. The van der Waals surface area contributed by atoms with Gasteiger partial charge in [-0.25, -0.2) is 0 Å². The zero-order valence-electron chi connectivity index (χ0n) is 9.29. The molecule has 0 aliphatic rings. The summed E-state index contributed by atoms with van der Waals surface area (Å²) in [5.74, 6) is -0.461. The number of nitro benzene ring substituents is 1. The fourth-order valence-electron chi connectivity index (χ4n) is 1.58. The van der Waals surface area contributed by atoms with E-state index in [9.17, 15) is 14.9 Å². The number of hydrogen-bond acceptors (Lipinski definition) is 4. The summed E-state index contributed by atoms with van der Waals surface area (Å²) in [6.45, 7) is 0.467. The number of nitrogens with zero attached hydrogens (tertiary/aromatic N) is 2. The van der Waals surface area contributed by atoms with E-state index < -0.39 is 10.8 Å². The van der Waals surface area contributed by atoms with Crippen LogP contribution in [0.25, 0.3) is 0 Å². The van der Waals surface area contributed by atoms with Crippen molar-refractivity contribution in [3.05, 3.63) is 39.9 Å². The molecular formula is C11H14N2O3. The molecule has 1 aromatic carbocycles. The molecule has 0 spiro atoms. The van der Waals surface area contributed by atoms with Gasteiger partial charge in [-0.05, 0) is 14.1 Å². The van der Waals surface area contributed by atoms with Crippen molar-refractivity contribution in [3.63, 3.8) is 0 Å². The minimum atomic E-state index is -0.461. The van der Waals surface area contributed by atoms with E-state index in [0.29, 0.717) is 12.1 Å². The highest BCUT2D eigenvalue weighted by molar-refractivity contribution is 5.66. The SMILES string of the molecule is CN(C)CC(C=O)c1ccccc1[N+](=O)[O-]. The van der Waals surface area contributed by atoms with Gasteiger partial charge in [0.05, 0.1) is 10.8 Å². The predicted octanol–water partition coefficient (Wildman–Crippen LogP) is 1.44. The van der Waals surface area contributed by atoms with Crippen molar-refractivity contribution in [1.82, 2.24) is 4.90 Å². The second-order valence-electron chi connectivity index (χ2n) is 3.82. The molecule has 0 fully saturated rings. The van der Waals surface area contributed by atoms with Crippen LogP contribution in [0, 0.1) is 10.1 Å². The third-order valence-electron chi connectivity index (χ3n) is 2.26. The Morgan fingerprint density at radius 2 is 2.06 bits per heavy atom. The van der Waals surface area contributed by atoms with Gasteiger partial charge in [0, 0.05) is 18.2 Å².